The summed E-state index contributed by atoms with van der Waals surface area (Å²) < 4.78 is 32.3. The van der Waals surface area contributed by atoms with Gasteiger partial charge in [-0.05, 0) is 36.4 Å². The van der Waals surface area contributed by atoms with Gasteiger partial charge in [0.2, 0.25) is 15.9 Å². The molecule has 30 heavy (non-hydrogen) atoms. The molecule has 0 aliphatic carbocycles. The van der Waals surface area contributed by atoms with Gasteiger partial charge >= 0.3 is 0 Å². The molecule has 0 unspecified atom stereocenters. The van der Waals surface area contributed by atoms with Crippen LogP contribution in [0.5, 0.6) is 0 Å². The van der Waals surface area contributed by atoms with E-state index < -0.39 is 10.0 Å². The maximum atomic E-state index is 12.7. The molecule has 0 spiro atoms. The van der Waals surface area contributed by atoms with Crippen molar-refractivity contribution >= 4 is 67.7 Å². The standard InChI is InChI=1S/C19H19Cl2N3O4S2/c1-3-24(4-2)30(26,27)15-5-6-17-16(10-15)23-19(28-17)29-11-18(25)22-14-8-12(20)7-13(21)9-14/h5-10H,3-4,11H2,1-2H3,(H,22,25). The van der Waals surface area contributed by atoms with Crippen LogP contribution in [0.2, 0.25) is 10.0 Å². The summed E-state index contributed by atoms with van der Waals surface area (Å²) in [5.74, 6) is -0.243. The van der Waals surface area contributed by atoms with Crippen molar-refractivity contribution in [2.45, 2.75) is 24.0 Å². The summed E-state index contributed by atoms with van der Waals surface area (Å²) in [5.41, 5.74) is 1.34. The van der Waals surface area contributed by atoms with Crippen molar-refractivity contribution in [3.05, 3.63) is 46.4 Å². The Balaban J connectivity index is 1.71. The number of thioether (sulfide) groups is 1. The molecule has 160 valence electrons. The molecule has 3 aromatic rings. The van der Waals surface area contributed by atoms with Gasteiger partial charge in [-0.2, -0.15) is 4.31 Å². The highest BCUT2D eigenvalue weighted by molar-refractivity contribution is 7.99. The maximum absolute atomic E-state index is 12.7. The zero-order valence-corrected chi connectivity index (χ0v) is 19.3. The molecule has 0 saturated carbocycles. The number of benzene rings is 2. The number of aromatic nitrogens is 1. The van der Waals surface area contributed by atoms with Crippen molar-refractivity contribution in [3.8, 4) is 0 Å². The molecule has 1 heterocycles. The molecule has 1 N–H and O–H groups in total. The van der Waals surface area contributed by atoms with Gasteiger partial charge in [0.05, 0.1) is 10.6 Å². The molecular weight excluding hydrogens is 469 g/mol. The van der Waals surface area contributed by atoms with E-state index >= 15 is 0 Å². The van der Waals surface area contributed by atoms with E-state index in [0.29, 0.717) is 39.9 Å². The molecule has 0 bridgehead atoms. The van der Waals surface area contributed by atoms with Gasteiger partial charge in [0.25, 0.3) is 5.22 Å². The van der Waals surface area contributed by atoms with E-state index in [1.165, 1.54) is 16.4 Å². The van der Waals surface area contributed by atoms with Crippen LogP contribution < -0.4 is 5.32 Å². The summed E-state index contributed by atoms with van der Waals surface area (Å²) in [6, 6.07) is 9.29. The van der Waals surface area contributed by atoms with Crippen LogP contribution in [0.1, 0.15) is 13.8 Å². The van der Waals surface area contributed by atoms with Crippen LogP contribution in [0.25, 0.3) is 11.1 Å². The second-order valence-electron chi connectivity index (χ2n) is 6.19. The fourth-order valence-corrected chi connectivity index (χ4v) is 5.41. The number of nitrogens with zero attached hydrogens (tertiary/aromatic N) is 2. The van der Waals surface area contributed by atoms with Gasteiger partial charge in [-0.15, -0.1) is 0 Å². The van der Waals surface area contributed by atoms with Crippen LogP contribution in [0.4, 0.5) is 5.69 Å². The van der Waals surface area contributed by atoms with Gasteiger partial charge in [-0.25, -0.2) is 13.4 Å². The van der Waals surface area contributed by atoms with Gasteiger partial charge in [0, 0.05) is 28.8 Å². The highest BCUT2D eigenvalue weighted by Gasteiger charge is 2.22. The van der Waals surface area contributed by atoms with Gasteiger partial charge in [-0.3, -0.25) is 4.79 Å². The first-order chi connectivity index (χ1) is 14.2. The first kappa shape index (κ1) is 22.9. The summed E-state index contributed by atoms with van der Waals surface area (Å²) >= 11 is 12.9. The number of sulfonamides is 1. The Morgan fingerprint density at radius 2 is 1.80 bits per heavy atom. The molecule has 0 saturated heterocycles. The summed E-state index contributed by atoms with van der Waals surface area (Å²) in [6.45, 7) is 4.33. The Morgan fingerprint density at radius 1 is 1.13 bits per heavy atom. The summed E-state index contributed by atoms with van der Waals surface area (Å²) in [6.07, 6.45) is 0. The second-order valence-corrected chi connectivity index (χ2v) is 9.93. The quantitative estimate of drug-likeness (QED) is 0.454. The first-order valence-electron chi connectivity index (χ1n) is 9.02. The second kappa shape index (κ2) is 9.57. The Kier molecular flexibility index (Phi) is 7.30. The number of nitrogens with one attached hydrogen (secondary N) is 1. The van der Waals surface area contributed by atoms with Crippen molar-refractivity contribution < 1.29 is 17.6 Å². The topological polar surface area (TPSA) is 92.5 Å². The van der Waals surface area contributed by atoms with Crippen molar-refractivity contribution in [2.24, 2.45) is 0 Å². The minimum absolute atomic E-state index is 0.0432. The third-order valence-corrected chi connectivity index (χ3v) is 7.47. The summed E-state index contributed by atoms with van der Waals surface area (Å²) in [5, 5.41) is 3.80. The molecule has 0 aliphatic rings. The number of hydrogen-bond donors (Lipinski definition) is 1. The molecule has 11 heteroatoms. The van der Waals surface area contributed by atoms with E-state index in [1.807, 2.05) is 0 Å². The minimum atomic E-state index is -3.59. The Morgan fingerprint density at radius 3 is 2.43 bits per heavy atom. The number of carbonyl (C=O) groups excluding carboxylic acids is 1. The third-order valence-electron chi connectivity index (χ3n) is 4.16. The number of rotatable bonds is 8. The van der Waals surface area contributed by atoms with E-state index in [9.17, 15) is 13.2 Å². The van der Waals surface area contributed by atoms with Crippen molar-refractivity contribution in [3.63, 3.8) is 0 Å². The number of oxazole rings is 1. The van der Waals surface area contributed by atoms with E-state index in [1.54, 1.807) is 38.1 Å². The predicted octanol–water partition coefficient (Wildman–Crippen LogP) is 4.90. The minimum Gasteiger partial charge on any atom is -0.431 e. The van der Waals surface area contributed by atoms with Gasteiger partial charge in [-0.1, -0.05) is 48.8 Å². The monoisotopic (exact) mass is 487 g/mol. The third kappa shape index (κ3) is 5.28. The predicted molar refractivity (Wildman–Crippen MR) is 120 cm³/mol. The van der Waals surface area contributed by atoms with Crippen LogP contribution in [0.3, 0.4) is 0 Å². The highest BCUT2D eigenvalue weighted by atomic mass is 35.5. The Hall–Kier alpha value is -1.78. The lowest BCUT2D eigenvalue weighted by atomic mass is 10.3. The average molecular weight is 488 g/mol. The molecular formula is C19H19Cl2N3O4S2. The molecule has 0 atom stereocenters. The van der Waals surface area contributed by atoms with Crippen LogP contribution in [0.15, 0.2) is 50.9 Å². The summed E-state index contributed by atoms with van der Waals surface area (Å²) in [4.78, 5) is 16.6. The van der Waals surface area contributed by atoms with E-state index in [-0.39, 0.29) is 21.8 Å². The lowest BCUT2D eigenvalue weighted by Gasteiger charge is -2.18. The van der Waals surface area contributed by atoms with E-state index in [0.717, 1.165) is 11.8 Å². The molecule has 0 fully saturated rings. The van der Waals surface area contributed by atoms with Crippen LogP contribution in [0, 0.1) is 0 Å². The van der Waals surface area contributed by atoms with Crippen molar-refractivity contribution in [1.29, 1.82) is 0 Å². The summed E-state index contributed by atoms with van der Waals surface area (Å²) in [7, 11) is -3.59. The number of halogens is 2. The zero-order chi connectivity index (χ0) is 21.9. The molecule has 0 aliphatic heterocycles. The molecule has 7 nitrogen and oxygen atoms in total. The lowest BCUT2D eigenvalue weighted by Crippen LogP contribution is -2.30. The fraction of sp³-hybridized carbons (Fsp3) is 0.263. The van der Waals surface area contributed by atoms with Gasteiger partial charge in [0.15, 0.2) is 5.58 Å². The lowest BCUT2D eigenvalue weighted by molar-refractivity contribution is -0.113. The molecule has 1 amide bonds. The smallest absolute Gasteiger partial charge is 0.257 e. The average Bonchev–Trinajstić information content (AvgIpc) is 3.08. The zero-order valence-electron chi connectivity index (χ0n) is 16.2. The number of anilines is 1. The van der Waals surface area contributed by atoms with Gasteiger partial charge in [0.1, 0.15) is 5.52 Å². The number of hydrogen-bond acceptors (Lipinski definition) is 6. The van der Waals surface area contributed by atoms with E-state index in [4.69, 9.17) is 27.6 Å². The largest absolute Gasteiger partial charge is 0.431 e. The molecule has 0 radical (unpaired) electrons. The fourth-order valence-electron chi connectivity index (χ4n) is 2.77. The normalized spacial score (nSPS) is 11.9. The van der Waals surface area contributed by atoms with Crippen LogP contribution in [-0.4, -0.2) is 42.5 Å². The SMILES string of the molecule is CCN(CC)S(=O)(=O)c1ccc2oc(SCC(=O)Nc3cc(Cl)cc(Cl)c3)nc2c1. The molecule has 3 rings (SSSR count). The Bertz CT molecular complexity index is 1160. The maximum Gasteiger partial charge on any atom is 0.257 e. The highest BCUT2D eigenvalue weighted by Crippen LogP contribution is 2.27. The number of carbonyl (C=O) groups is 1. The first-order valence-corrected chi connectivity index (χ1v) is 12.2. The van der Waals surface area contributed by atoms with E-state index in [2.05, 4.69) is 10.3 Å². The van der Waals surface area contributed by atoms with Crippen molar-refractivity contribution in [2.75, 3.05) is 24.2 Å². The molecule has 2 aromatic carbocycles. The molecule has 1 aromatic heterocycles. The van der Waals surface area contributed by atoms with Crippen LogP contribution in [-0.2, 0) is 14.8 Å². The van der Waals surface area contributed by atoms with Gasteiger partial charge < -0.3 is 9.73 Å². The Labute approximate surface area is 188 Å². The number of amides is 1. The number of fused-ring (bicyclic) bond motifs is 1. The van der Waals surface area contributed by atoms with Crippen LogP contribution >= 0.6 is 35.0 Å². The van der Waals surface area contributed by atoms with Crippen molar-refractivity contribution in [1.82, 2.24) is 9.29 Å².